The SMILES string of the molecule is C=C1SC2=C(SC=CS2)S1. The zero-order chi connectivity index (χ0) is 6.97. The van der Waals surface area contributed by atoms with Gasteiger partial charge in [-0.15, -0.1) is 0 Å². The van der Waals surface area contributed by atoms with Crippen molar-refractivity contribution in [2.24, 2.45) is 0 Å². The van der Waals surface area contributed by atoms with Gasteiger partial charge in [-0.2, -0.15) is 0 Å². The van der Waals surface area contributed by atoms with E-state index >= 15 is 0 Å². The molecule has 2 rings (SSSR count). The van der Waals surface area contributed by atoms with Gasteiger partial charge in [0.2, 0.25) is 0 Å². The zero-order valence-corrected chi connectivity index (χ0v) is 8.26. The van der Waals surface area contributed by atoms with Gasteiger partial charge in [-0.3, -0.25) is 0 Å². The highest BCUT2D eigenvalue weighted by Crippen LogP contribution is 2.58. The first-order valence-corrected chi connectivity index (χ1v) is 6.03. The molecule has 0 aliphatic carbocycles. The molecule has 0 unspecified atom stereocenters. The summed E-state index contributed by atoms with van der Waals surface area (Å²) in [5, 5.41) is 4.24. The van der Waals surface area contributed by atoms with Crippen molar-refractivity contribution in [3.05, 3.63) is 30.1 Å². The summed E-state index contributed by atoms with van der Waals surface area (Å²) in [6, 6.07) is 0. The van der Waals surface area contributed by atoms with E-state index in [0.29, 0.717) is 0 Å². The number of thioether (sulfide) groups is 4. The third-order valence-corrected chi connectivity index (χ3v) is 5.87. The second-order valence-electron chi connectivity index (χ2n) is 1.66. The summed E-state index contributed by atoms with van der Waals surface area (Å²) in [6.45, 7) is 3.91. The zero-order valence-electron chi connectivity index (χ0n) is 4.99. The number of hydrogen-bond acceptors (Lipinski definition) is 4. The molecule has 2 heterocycles. The molecule has 2 aliphatic heterocycles. The first-order chi connectivity index (χ1) is 4.86. The molecule has 4 heteroatoms. The highest BCUT2D eigenvalue weighted by molar-refractivity contribution is 8.42. The highest BCUT2D eigenvalue weighted by atomic mass is 32.3. The Balaban J connectivity index is 2.22. The molecule has 0 radical (unpaired) electrons. The standard InChI is InChI=1S/C6H4S4/c1-4-9-5-6(10-4)8-3-2-7-5/h2-3H,1H2. The molecule has 2 aliphatic rings. The van der Waals surface area contributed by atoms with Crippen LogP contribution in [0.25, 0.3) is 0 Å². The van der Waals surface area contributed by atoms with Crippen LogP contribution in [0.1, 0.15) is 0 Å². The Morgan fingerprint density at radius 2 is 1.50 bits per heavy atom. The summed E-state index contributed by atoms with van der Waals surface area (Å²) in [4.78, 5) is 0. The van der Waals surface area contributed by atoms with Crippen molar-refractivity contribution in [3.8, 4) is 0 Å². The minimum absolute atomic E-state index is 1.20. The lowest BCUT2D eigenvalue weighted by Gasteiger charge is -2.02. The molecule has 0 saturated heterocycles. The van der Waals surface area contributed by atoms with Gasteiger partial charge in [0.25, 0.3) is 0 Å². The number of hydrogen-bond donors (Lipinski definition) is 0. The summed E-state index contributed by atoms with van der Waals surface area (Å²) < 4.78 is 4.01. The normalized spacial score (nSPS) is 23.8. The Labute approximate surface area is 77.0 Å². The van der Waals surface area contributed by atoms with Crippen LogP contribution < -0.4 is 0 Å². The van der Waals surface area contributed by atoms with Crippen LogP contribution in [-0.4, -0.2) is 0 Å². The van der Waals surface area contributed by atoms with Crippen LogP contribution in [0, 0.1) is 0 Å². The monoisotopic (exact) mass is 204 g/mol. The molecular formula is C6H4S4. The molecule has 0 fully saturated rings. The molecule has 0 bridgehead atoms. The van der Waals surface area contributed by atoms with Gasteiger partial charge < -0.3 is 0 Å². The van der Waals surface area contributed by atoms with Crippen molar-refractivity contribution < 1.29 is 0 Å². The molecule has 0 spiro atoms. The van der Waals surface area contributed by atoms with E-state index < -0.39 is 0 Å². The highest BCUT2D eigenvalue weighted by Gasteiger charge is 2.20. The second kappa shape index (κ2) is 2.93. The van der Waals surface area contributed by atoms with Crippen LogP contribution in [0.3, 0.4) is 0 Å². The van der Waals surface area contributed by atoms with Crippen molar-refractivity contribution in [1.29, 1.82) is 0 Å². The summed E-state index contributed by atoms with van der Waals surface area (Å²) in [7, 11) is 0. The summed E-state index contributed by atoms with van der Waals surface area (Å²) in [6.07, 6.45) is 0. The van der Waals surface area contributed by atoms with Gasteiger partial charge >= 0.3 is 0 Å². The fourth-order valence-electron chi connectivity index (χ4n) is 0.634. The topological polar surface area (TPSA) is 0 Å². The Hall–Kier alpha value is 0.620. The molecule has 0 amide bonds. The lowest BCUT2D eigenvalue weighted by Crippen LogP contribution is -1.68. The number of rotatable bonds is 0. The second-order valence-corrected chi connectivity index (χ2v) is 6.48. The summed E-state index contributed by atoms with van der Waals surface area (Å²) in [5.74, 6) is 0. The molecule has 0 aromatic rings. The van der Waals surface area contributed by atoms with Gasteiger partial charge in [0.05, 0.1) is 8.47 Å². The van der Waals surface area contributed by atoms with E-state index in [0.717, 1.165) is 0 Å². The van der Waals surface area contributed by atoms with E-state index in [1.54, 1.807) is 47.0 Å². The first kappa shape index (κ1) is 7.28. The maximum atomic E-state index is 3.91. The minimum Gasteiger partial charge on any atom is -0.0884 e. The molecular weight excluding hydrogens is 200 g/mol. The van der Waals surface area contributed by atoms with Crippen LogP contribution in [0.2, 0.25) is 0 Å². The molecule has 0 aromatic heterocycles. The van der Waals surface area contributed by atoms with Gasteiger partial charge in [0.1, 0.15) is 0 Å². The van der Waals surface area contributed by atoms with Crippen LogP contribution in [0.15, 0.2) is 30.1 Å². The predicted octanol–water partition coefficient (Wildman–Crippen LogP) is 4.02. The van der Waals surface area contributed by atoms with E-state index in [1.807, 2.05) is 0 Å². The molecule has 10 heavy (non-hydrogen) atoms. The van der Waals surface area contributed by atoms with Crippen LogP contribution in [0.4, 0.5) is 0 Å². The largest absolute Gasteiger partial charge is 0.0884 e. The van der Waals surface area contributed by atoms with Gasteiger partial charge in [0.15, 0.2) is 0 Å². The molecule has 0 saturated carbocycles. The predicted molar refractivity (Wildman–Crippen MR) is 55.7 cm³/mol. The van der Waals surface area contributed by atoms with Gasteiger partial charge in [0, 0.05) is 4.24 Å². The third kappa shape index (κ3) is 1.30. The van der Waals surface area contributed by atoms with Gasteiger partial charge in [-0.1, -0.05) is 53.6 Å². The average Bonchev–Trinajstić information content (AvgIpc) is 2.27. The molecule has 52 valence electrons. The first-order valence-electron chi connectivity index (χ1n) is 2.63. The smallest absolute Gasteiger partial charge is 0.0705 e. The van der Waals surface area contributed by atoms with E-state index in [4.69, 9.17) is 0 Å². The molecule has 0 aromatic carbocycles. The average molecular weight is 204 g/mol. The maximum Gasteiger partial charge on any atom is 0.0705 e. The van der Waals surface area contributed by atoms with Crippen molar-refractivity contribution >= 4 is 47.0 Å². The fraction of sp³-hybridized carbons (Fsp3) is 0. The van der Waals surface area contributed by atoms with Gasteiger partial charge in [-0.25, -0.2) is 0 Å². The van der Waals surface area contributed by atoms with Crippen LogP contribution in [-0.2, 0) is 0 Å². The quantitative estimate of drug-likeness (QED) is 0.584. The van der Waals surface area contributed by atoms with E-state index in [1.165, 1.54) is 12.7 Å². The van der Waals surface area contributed by atoms with Crippen molar-refractivity contribution in [1.82, 2.24) is 0 Å². The fourth-order valence-corrected chi connectivity index (χ4v) is 5.48. The lowest BCUT2D eigenvalue weighted by molar-refractivity contribution is 2.31. The lowest BCUT2D eigenvalue weighted by atomic mass is 11.2. The third-order valence-electron chi connectivity index (χ3n) is 0.985. The van der Waals surface area contributed by atoms with E-state index in [-0.39, 0.29) is 0 Å². The van der Waals surface area contributed by atoms with Crippen LogP contribution >= 0.6 is 47.0 Å². The molecule has 0 atom stereocenters. The van der Waals surface area contributed by atoms with Crippen molar-refractivity contribution in [2.45, 2.75) is 0 Å². The molecule has 0 N–H and O–H groups in total. The Morgan fingerprint density at radius 1 is 1.00 bits per heavy atom. The van der Waals surface area contributed by atoms with Crippen molar-refractivity contribution in [3.63, 3.8) is 0 Å². The minimum atomic E-state index is 1.20. The van der Waals surface area contributed by atoms with Crippen LogP contribution in [0.5, 0.6) is 0 Å². The summed E-state index contributed by atoms with van der Waals surface area (Å²) in [5.41, 5.74) is 0. The molecule has 0 nitrogen and oxygen atoms in total. The Bertz CT molecular complexity index is 216. The summed E-state index contributed by atoms with van der Waals surface area (Å²) >= 11 is 7.17. The maximum absolute atomic E-state index is 3.91. The van der Waals surface area contributed by atoms with Gasteiger partial charge in [-0.05, 0) is 10.8 Å². The van der Waals surface area contributed by atoms with Crippen molar-refractivity contribution in [2.75, 3.05) is 0 Å². The Morgan fingerprint density at radius 3 is 2.00 bits per heavy atom. The van der Waals surface area contributed by atoms with E-state index in [9.17, 15) is 0 Å². The Kier molecular flexibility index (Phi) is 2.13. The van der Waals surface area contributed by atoms with E-state index in [2.05, 4.69) is 17.4 Å².